The quantitative estimate of drug-likeness (QED) is 0.866. The summed E-state index contributed by atoms with van der Waals surface area (Å²) in [6, 6.07) is 8.25. The molecule has 2 heterocycles. The van der Waals surface area contributed by atoms with Crippen LogP contribution in [-0.2, 0) is 17.7 Å². The van der Waals surface area contributed by atoms with Crippen LogP contribution in [0.3, 0.4) is 0 Å². The topological polar surface area (TPSA) is 51.2 Å². The highest BCUT2D eigenvalue weighted by Crippen LogP contribution is 2.33. The van der Waals surface area contributed by atoms with Crippen LogP contribution in [0.1, 0.15) is 32.9 Å². The number of methoxy groups -OCH3 is 1. The van der Waals surface area contributed by atoms with Crippen molar-refractivity contribution in [1.82, 2.24) is 10.3 Å². The van der Waals surface area contributed by atoms with E-state index in [0.29, 0.717) is 5.56 Å². The van der Waals surface area contributed by atoms with Crippen molar-refractivity contribution in [3.05, 3.63) is 52.3 Å². The van der Waals surface area contributed by atoms with E-state index in [4.69, 9.17) is 4.74 Å². The first-order chi connectivity index (χ1) is 10.6. The highest BCUT2D eigenvalue weighted by molar-refractivity contribution is 5.99. The summed E-state index contributed by atoms with van der Waals surface area (Å²) in [6.07, 6.45) is 0.885. The second-order valence-electron chi connectivity index (χ2n) is 5.66. The number of rotatable bonds is 2. The molecule has 0 bridgehead atoms. The summed E-state index contributed by atoms with van der Waals surface area (Å²) in [5, 5.41) is 3.37. The Morgan fingerprint density at radius 2 is 1.95 bits per heavy atom. The summed E-state index contributed by atoms with van der Waals surface area (Å²) >= 11 is 0. The number of fused-ring (bicyclic) bond motifs is 1. The Morgan fingerprint density at radius 3 is 2.64 bits per heavy atom. The van der Waals surface area contributed by atoms with Gasteiger partial charge in [-0.05, 0) is 25.0 Å². The molecule has 4 heteroatoms. The fraction of sp³-hybridized carbons (Fsp3) is 0.333. The molecule has 0 fully saturated rings. The van der Waals surface area contributed by atoms with Crippen LogP contribution in [-0.4, -0.2) is 24.6 Å². The molecule has 1 aliphatic heterocycles. The lowest BCUT2D eigenvalue weighted by molar-refractivity contribution is 0.0600. The molecule has 0 saturated carbocycles. The van der Waals surface area contributed by atoms with Crippen LogP contribution >= 0.6 is 0 Å². The summed E-state index contributed by atoms with van der Waals surface area (Å²) in [6.45, 7) is 5.59. The van der Waals surface area contributed by atoms with Crippen molar-refractivity contribution in [2.45, 2.75) is 26.8 Å². The van der Waals surface area contributed by atoms with Gasteiger partial charge in [-0.25, -0.2) is 4.79 Å². The number of carbonyl (C=O) groups is 1. The van der Waals surface area contributed by atoms with Gasteiger partial charge in [0, 0.05) is 30.8 Å². The van der Waals surface area contributed by atoms with Crippen molar-refractivity contribution in [3.63, 3.8) is 0 Å². The number of nitrogens with one attached hydrogen (secondary N) is 1. The minimum absolute atomic E-state index is 0.325. The van der Waals surface area contributed by atoms with Crippen LogP contribution < -0.4 is 5.32 Å². The van der Waals surface area contributed by atoms with Gasteiger partial charge in [-0.3, -0.25) is 4.98 Å². The largest absolute Gasteiger partial charge is 0.465 e. The lowest BCUT2D eigenvalue weighted by Crippen LogP contribution is -2.27. The average molecular weight is 296 g/mol. The van der Waals surface area contributed by atoms with Crippen molar-refractivity contribution in [3.8, 4) is 11.1 Å². The van der Waals surface area contributed by atoms with Crippen molar-refractivity contribution in [1.29, 1.82) is 0 Å². The van der Waals surface area contributed by atoms with E-state index in [0.717, 1.165) is 47.6 Å². The van der Waals surface area contributed by atoms with E-state index in [1.807, 2.05) is 6.92 Å². The Bertz CT molecular complexity index is 721. The summed E-state index contributed by atoms with van der Waals surface area (Å²) in [5.41, 5.74) is 6.71. The average Bonchev–Trinajstić information content (AvgIpc) is 2.54. The Hall–Kier alpha value is -2.20. The van der Waals surface area contributed by atoms with Gasteiger partial charge in [0.2, 0.25) is 0 Å². The summed E-state index contributed by atoms with van der Waals surface area (Å²) in [4.78, 5) is 16.9. The fourth-order valence-electron chi connectivity index (χ4n) is 3.01. The van der Waals surface area contributed by atoms with Gasteiger partial charge >= 0.3 is 5.97 Å². The molecule has 0 spiro atoms. The monoisotopic (exact) mass is 296 g/mol. The number of benzene rings is 1. The molecule has 4 nitrogen and oxygen atoms in total. The molecule has 0 aliphatic carbocycles. The Kier molecular flexibility index (Phi) is 3.94. The zero-order valence-corrected chi connectivity index (χ0v) is 13.2. The summed E-state index contributed by atoms with van der Waals surface area (Å²) < 4.78 is 4.99. The second kappa shape index (κ2) is 5.89. The fourth-order valence-corrected chi connectivity index (χ4v) is 3.01. The van der Waals surface area contributed by atoms with Crippen molar-refractivity contribution in [2.75, 3.05) is 13.7 Å². The van der Waals surface area contributed by atoms with Crippen LogP contribution in [0, 0.1) is 13.8 Å². The molecule has 0 atom stereocenters. The molecule has 1 N–H and O–H groups in total. The Balaban J connectivity index is 2.30. The van der Waals surface area contributed by atoms with Gasteiger partial charge in [0.25, 0.3) is 0 Å². The lowest BCUT2D eigenvalue weighted by atomic mass is 9.90. The van der Waals surface area contributed by atoms with Crippen LogP contribution in [0.5, 0.6) is 0 Å². The number of hydrogen-bond acceptors (Lipinski definition) is 4. The number of hydrogen-bond donors (Lipinski definition) is 1. The first-order valence-electron chi connectivity index (χ1n) is 7.50. The van der Waals surface area contributed by atoms with Crippen molar-refractivity contribution < 1.29 is 9.53 Å². The van der Waals surface area contributed by atoms with E-state index in [2.05, 4.69) is 41.5 Å². The number of aryl methyl sites for hydroxylation is 2. The van der Waals surface area contributed by atoms with Gasteiger partial charge in [-0.2, -0.15) is 0 Å². The van der Waals surface area contributed by atoms with Crippen molar-refractivity contribution in [2.24, 2.45) is 0 Å². The zero-order valence-electron chi connectivity index (χ0n) is 13.2. The van der Waals surface area contributed by atoms with Gasteiger partial charge in [0.1, 0.15) is 0 Å². The molecule has 3 rings (SSSR count). The number of pyridine rings is 1. The van der Waals surface area contributed by atoms with Crippen LogP contribution in [0.2, 0.25) is 0 Å². The lowest BCUT2D eigenvalue weighted by Gasteiger charge is -2.23. The Morgan fingerprint density at radius 1 is 1.23 bits per heavy atom. The van der Waals surface area contributed by atoms with Crippen LogP contribution in [0.4, 0.5) is 0 Å². The standard InChI is InChI=1S/C18H20N2O2/c1-11-4-6-13(7-5-11)17-14-10-19-9-8-15(14)20-12(2)16(17)18(21)22-3/h4-7,19H,8-10H2,1-3H3. The maximum atomic E-state index is 12.3. The van der Waals surface area contributed by atoms with Gasteiger partial charge < -0.3 is 10.1 Å². The predicted molar refractivity (Wildman–Crippen MR) is 85.9 cm³/mol. The third kappa shape index (κ3) is 2.50. The highest BCUT2D eigenvalue weighted by Gasteiger charge is 2.25. The minimum Gasteiger partial charge on any atom is -0.465 e. The van der Waals surface area contributed by atoms with Crippen LogP contribution in [0.25, 0.3) is 11.1 Å². The van der Waals surface area contributed by atoms with E-state index in [-0.39, 0.29) is 5.97 Å². The van der Waals surface area contributed by atoms with E-state index < -0.39 is 0 Å². The first kappa shape index (κ1) is 14.7. The Labute approximate surface area is 130 Å². The predicted octanol–water partition coefficient (Wildman–Crippen LogP) is 2.80. The van der Waals surface area contributed by atoms with Crippen molar-refractivity contribution >= 4 is 5.97 Å². The number of nitrogens with zero attached hydrogens (tertiary/aromatic N) is 1. The minimum atomic E-state index is -0.325. The normalized spacial score (nSPS) is 13.6. The number of ether oxygens (including phenoxy) is 1. The molecule has 0 unspecified atom stereocenters. The van der Waals surface area contributed by atoms with Gasteiger partial charge in [0.15, 0.2) is 0 Å². The molecule has 0 saturated heterocycles. The number of esters is 1. The number of carbonyl (C=O) groups excluding carboxylic acids is 1. The molecule has 22 heavy (non-hydrogen) atoms. The van der Waals surface area contributed by atoms with Gasteiger partial charge in [-0.1, -0.05) is 29.8 Å². The smallest absolute Gasteiger partial charge is 0.340 e. The molecule has 1 aromatic carbocycles. The van der Waals surface area contributed by atoms with E-state index in [9.17, 15) is 4.79 Å². The molecule has 1 aromatic heterocycles. The van der Waals surface area contributed by atoms with Gasteiger partial charge in [-0.15, -0.1) is 0 Å². The maximum Gasteiger partial charge on any atom is 0.340 e. The zero-order chi connectivity index (χ0) is 15.7. The summed E-state index contributed by atoms with van der Waals surface area (Å²) in [7, 11) is 1.42. The molecular weight excluding hydrogens is 276 g/mol. The third-order valence-corrected chi connectivity index (χ3v) is 4.13. The second-order valence-corrected chi connectivity index (χ2v) is 5.66. The molecule has 2 aromatic rings. The third-order valence-electron chi connectivity index (χ3n) is 4.13. The first-order valence-corrected chi connectivity index (χ1v) is 7.50. The van der Waals surface area contributed by atoms with Gasteiger partial charge in [0.05, 0.1) is 18.4 Å². The maximum absolute atomic E-state index is 12.3. The summed E-state index contributed by atoms with van der Waals surface area (Å²) in [5.74, 6) is -0.325. The molecule has 1 aliphatic rings. The molecule has 0 amide bonds. The van der Waals surface area contributed by atoms with Crippen LogP contribution in [0.15, 0.2) is 24.3 Å². The molecule has 114 valence electrons. The SMILES string of the molecule is COC(=O)c1c(C)nc2c(c1-c1ccc(C)cc1)CNCC2. The number of aromatic nitrogens is 1. The van der Waals surface area contributed by atoms with E-state index in [1.165, 1.54) is 12.7 Å². The van der Waals surface area contributed by atoms with E-state index >= 15 is 0 Å². The molecular formula is C18H20N2O2. The highest BCUT2D eigenvalue weighted by atomic mass is 16.5. The molecule has 0 radical (unpaired) electrons. The van der Waals surface area contributed by atoms with E-state index in [1.54, 1.807) is 0 Å².